The molecule has 2 aromatic rings. The van der Waals surface area contributed by atoms with Gasteiger partial charge in [-0.15, -0.1) is 0 Å². The molecule has 0 amide bonds. The van der Waals surface area contributed by atoms with Crippen LogP contribution >= 0.6 is 0 Å². The maximum atomic E-state index is 12.8. The van der Waals surface area contributed by atoms with Crippen LogP contribution in [0.15, 0.2) is 21.7 Å². The number of hydrogen-bond acceptors (Lipinski definition) is 9. The molecule has 13 heteroatoms. The number of carboxylic acid groups (broad SMARTS) is 1. The molecule has 4 unspecified atom stereocenters. The number of aliphatic hydroxyl groups excluding tert-OH is 3. The number of imidazole rings is 1. The molecule has 27 heavy (non-hydrogen) atoms. The predicted molar refractivity (Wildman–Crippen MR) is 88.8 cm³/mol. The van der Waals surface area contributed by atoms with E-state index in [1.54, 1.807) is 0 Å². The van der Waals surface area contributed by atoms with Crippen molar-refractivity contribution in [2.45, 2.75) is 31.1 Å². The van der Waals surface area contributed by atoms with Crippen LogP contribution in [0.5, 0.6) is 0 Å². The summed E-state index contributed by atoms with van der Waals surface area (Å²) >= 11 is 0. The molecule has 146 valence electrons. The van der Waals surface area contributed by atoms with E-state index >= 15 is 0 Å². The van der Waals surface area contributed by atoms with E-state index < -0.39 is 48.4 Å². The van der Waals surface area contributed by atoms with Crippen LogP contribution in [-0.4, -0.2) is 70.4 Å². The number of H-pyrrole nitrogens is 1. The fourth-order valence-electron chi connectivity index (χ4n) is 2.95. The molecule has 1 aliphatic heterocycles. The number of fused-ring (bicyclic) bond motifs is 1. The van der Waals surface area contributed by atoms with Gasteiger partial charge in [0.25, 0.3) is 5.56 Å². The van der Waals surface area contributed by atoms with E-state index in [0.717, 1.165) is 21.3 Å². The fourth-order valence-corrected chi connectivity index (χ4v) is 2.95. The minimum Gasteiger partial charge on any atom is -0.478 e. The first-order valence-electron chi connectivity index (χ1n) is 7.78. The Bertz CT molecular complexity index is 1020. The Morgan fingerprint density at radius 3 is 2.63 bits per heavy atom. The van der Waals surface area contributed by atoms with Gasteiger partial charge in [-0.1, -0.05) is 6.08 Å². The average Bonchev–Trinajstić information content (AvgIpc) is 3.02. The van der Waals surface area contributed by atoms with E-state index in [4.69, 9.17) is 15.6 Å². The summed E-state index contributed by atoms with van der Waals surface area (Å²) in [4.78, 5) is 41.9. The Labute approximate surface area is 149 Å². The van der Waals surface area contributed by atoms with Crippen LogP contribution in [0.25, 0.3) is 11.2 Å². The van der Waals surface area contributed by atoms with Crippen molar-refractivity contribution in [3.63, 3.8) is 0 Å². The number of ether oxygens (including phenoxy) is 1. The van der Waals surface area contributed by atoms with Gasteiger partial charge in [0, 0.05) is 12.6 Å². The van der Waals surface area contributed by atoms with Crippen molar-refractivity contribution in [3.8, 4) is 0 Å². The third-order valence-electron chi connectivity index (χ3n) is 4.15. The number of aliphatic hydroxyl groups is 3. The number of nitrogen functional groups attached to an aromatic ring is 1. The monoisotopic (exact) mass is 383 g/mol. The average molecular weight is 383 g/mol. The van der Waals surface area contributed by atoms with Gasteiger partial charge in [0.15, 0.2) is 17.4 Å². The van der Waals surface area contributed by atoms with Gasteiger partial charge in [-0.2, -0.15) is 4.98 Å². The van der Waals surface area contributed by atoms with Crippen molar-refractivity contribution in [1.82, 2.24) is 19.1 Å². The number of aliphatic carboxylic acids is 1. The zero-order valence-electron chi connectivity index (χ0n) is 13.7. The summed E-state index contributed by atoms with van der Waals surface area (Å²) in [7, 11) is 0. The highest BCUT2D eigenvalue weighted by Crippen LogP contribution is 2.30. The summed E-state index contributed by atoms with van der Waals surface area (Å²) in [6, 6.07) is 0. The van der Waals surface area contributed by atoms with E-state index in [9.17, 15) is 29.7 Å². The van der Waals surface area contributed by atoms with Crippen molar-refractivity contribution in [2.24, 2.45) is 0 Å². The van der Waals surface area contributed by atoms with Crippen molar-refractivity contribution in [2.75, 3.05) is 12.3 Å². The van der Waals surface area contributed by atoms with Crippen molar-refractivity contribution in [3.05, 3.63) is 33.0 Å². The zero-order chi connectivity index (χ0) is 19.9. The molecule has 1 fully saturated rings. The highest BCUT2D eigenvalue weighted by Gasteiger charge is 2.45. The van der Waals surface area contributed by atoms with Crippen molar-refractivity contribution < 1.29 is 30.0 Å². The zero-order valence-corrected chi connectivity index (χ0v) is 13.7. The van der Waals surface area contributed by atoms with Crippen molar-refractivity contribution in [1.29, 1.82) is 0 Å². The van der Waals surface area contributed by atoms with Crippen LogP contribution in [0.4, 0.5) is 5.95 Å². The molecule has 3 heterocycles. The molecule has 0 bridgehead atoms. The maximum Gasteiger partial charge on any atom is 0.333 e. The number of aromatic amines is 1. The third-order valence-corrected chi connectivity index (χ3v) is 4.15. The highest BCUT2D eigenvalue weighted by molar-refractivity contribution is 5.79. The Kier molecular flexibility index (Phi) is 4.84. The van der Waals surface area contributed by atoms with E-state index in [-0.39, 0.29) is 23.7 Å². The third kappa shape index (κ3) is 3.12. The predicted octanol–water partition coefficient (Wildman–Crippen LogP) is -3.28. The lowest BCUT2D eigenvalue weighted by atomic mass is 10.1. The van der Waals surface area contributed by atoms with Crippen LogP contribution < -0.4 is 17.0 Å². The van der Waals surface area contributed by atoms with Gasteiger partial charge < -0.3 is 30.9 Å². The minimum absolute atomic E-state index is 0.220. The molecule has 2 aromatic heterocycles. The maximum absolute atomic E-state index is 12.8. The summed E-state index contributed by atoms with van der Waals surface area (Å²) in [5.41, 5.74) is 3.48. The second-order valence-corrected chi connectivity index (χ2v) is 5.86. The summed E-state index contributed by atoms with van der Waals surface area (Å²) in [6.07, 6.45) is -3.72. The van der Waals surface area contributed by atoms with Gasteiger partial charge in [-0.05, 0) is 0 Å². The molecule has 0 radical (unpaired) electrons. The van der Waals surface area contributed by atoms with E-state index in [2.05, 4.69) is 9.97 Å². The number of nitrogens with zero attached hydrogens (tertiary/aromatic N) is 3. The minimum atomic E-state index is -1.59. The van der Waals surface area contributed by atoms with E-state index in [1.807, 2.05) is 0 Å². The summed E-state index contributed by atoms with van der Waals surface area (Å²) < 4.78 is 7.10. The van der Waals surface area contributed by atoms with E-state index in [0.29, 0.717) is 0 Å². The molecule has 0 aliphatic carbocycles. The topological polar surface area (TPSA) is 206 Å². The van der Waals surface area contributed by atoms with Crippen LogP contribution in [0, 0.1) is 0 Å². The highest BCUT2D eigenvalue weighted by atomic mass is 16.6. The summed E-state index contributed by atoms with van der Waals surface area (Å²) in [5, 5.41) is 38.0. The molecule has 4 atom stereocenters. The van der Waals surface area contributed by atoms with Gasteiger partial charge in [-0.3, -0.25) is 14.3 Å². The van der Waals surface area contributed by atoms with Gasteiger partial charge in [0.2, 0.25) is 5.95 Å². The molecular weight excluding hydrogens is 366 g/mol. The molecule has 0 saturated carbocycles. The Morgan fingerprint density at radius 1 is 1.33 bits per heavy atom. The number of aromatic nitrogens is 4. The first-order chi connectivity index (χ1) is 12.8. The summed E-state index contributed by atoms with van der Waals surface area (Å²) in [5.74, 6) is -1.54. The normalized spacial score (nSPS) is 25.6. The van der Waals surface area contributed by atoms with Gasteiger partial charge >= 0.3 is 11.7 Å². The lowest BCUT2D eigenvalue weighted by Crippen LogP contribution is -2.36. The molecule has 7 N–H and O–H groups in total. The Balaban J connectivity index is 2.21. The number of carbonyl (C=O) groups is 1. The first-order valence-corrected chi connectivity index (χ1v) is 7.78. The van der Waals surface area contributed by atoms with Gasteiger partial charge in [0.1, 0.15) is 18.3 Å². The van der Waals surface area contributed by atoms with Crippen LogP contribution in [0.3, 0.4) is 0 Å². The lowest BCUT2D eigenvalue weighted by Gasteiger charge is -2.15. The first kappa shape index (κ1) is 18.8. The quantitative estimate of drug-likeness (QED) is 0.284. The fraction of sp³-hybridized carbons (Fsp3) is 0.429. The van der Waals surface area contributed by atoms with Crippen molar-refractivity contribution >= 4 is 23.1 Å². The number of nitrogens with two attached hydrogens (primary N) is 1. The molecule has 1 saturated heterocycles. The second kappa shape index (κ2) is 6.96. The molecule has 3 rings (SSSR count). The standard InChI is InChI=1S/C14H17N5O8/c15-13-16-10-7(11(25)17-13)18(3-1-2-6(21)22)14(26)19(10)12-9(24)8(23)5(4-20)27-12/h1-2,5,8-9,12,20,23-24H,3-4H2,(H,21,22)(H3,15,16,17,25)/b2-1+. The number of nitrogens with one attached hydrogen (secondary N) is 1. The molecular formula is C14H17N5O8. The van der Waals surface area contributed by atoms with Gasteiger partial charge in [-0.25, -0.2) is 14.2 Å². The number of hydrogen-bond donors (Lipinski definition) is 6. The van der Waals surface area contributed by atoms with Crippen LogP contribution in [-0.2, 0) is 16.1 Å². The van der Waals surface area contributed by atoms with Crippen LogP contribution in [0.1, 0.15) is 6.23 Å². The number of carboxylic acids is 1. The lowest BCUT2D eigenvalue weighted by molar-refractivity contribution is -0.131. The largest absolute Gasteiger partial charge is 0.478 e. The number of anilines is 1. The van der Waals surface area contributed by atoms with E-state index in [1.165, 1.54) is 0 Å². The smallest absolute Gasteiger partial charge is 0.333 e. The second-order valence-electron chi connectivity index (χ2n) is 5.86. The molecule has 1 aliphatic rings. The Hall–Kier alpha value is -3.00. The summed E-state index contributed by atoms with van der Waals surface area (Å²) in [6.45, 7) is -0.891. The molecule has 0 aromatic carbocycles. The molecule has 13 nitrogen and oxygen atoms in total. The molecule has 0 spiro atoms. The van der Waals surface area contributed by atoms with Gasteiger partial charge in [0.05, 0.1) is 6.61 Å². The van der Waals surface area contributed by atoms with Crippen LogP contribution in [0.2, 0.25) is 0 Å². The SMILES string of the molecule is Nc1nc2c(c(=O)[nH]1)n(C/C=C/C(=O)O)c(=O)n2C1OC(CO)C(O)C1O. The number of rotatable bonds is 5. The number of allylic oxidation sites excluding steroid dienone is 1. The Morgan fingerprint density at radius 2 is 2.04 bits per heavy atom.